The molecule has 0 aliphatic heterocycles. The van der Waals surface area contributed by atoms with Crippen molar-refractivity contribution < 1.29 is 19.1 Å². The van der Waals surface area contributed by atoms with Gasteiger partial charge in [0.25, 0.3) is 0 Å². The minimum Gasteiger partial charge on any atom is -0.493 e. The number of hydrogen-bond acceptors (Lipinski definition) is 4. The fraction of sp³-hybridized carbons (Fsp3) is 0.312. The lowest BCUT2D eigenvalue weighted by Crippen LogP contribution is -2.46. The van der Waals surface area contributed by atoms with Crippen LogP contribution < -0.4 is 14.8 Å². The van der Waals surface area contributed by atoms with Crippen molar-refractivity contribution >= 4 is 28.5 Å². The minimum absolute atomic E-state index is 0.0174. The first kappa shape index (κ1) is 27.1. The number of H-pyrrole nitrogens is 1. The number of amides is 3. The third-order valence-corrected chi connectivity index (χ3v) is 7.44. The Morgan fingerprint density at radius 3 is 2.48 bits per heavy atom. The molecule has 0 spiro atoms. The van der Waals surface area contributed by atoms with Crippen molar-refractivity contribution in [3.8, 4) is 11.5 Å². The van der Waals surface area contributed by atoms with Crippen LogP contribution in [0.3, 0.4) is 0 Å². The van der Waals surface area contributed by atoms with E-state index in [1.165, 1.54) is 0 Å². The number of benzene rings is 3. The summed E-state index contributed by atoms with van der Waals surface area (Å²) < 4.78 is 10.9. The molecule has 0 bridgehead atoms. The standard InChI is InChI=1S/C32H36N4O4/c1-22-8-4-6-10-27(22)34-32(38)36(25-13-14-25)21-31(37)35(20-23-12-15-29(39-2)30(18-23)40-3)17-16-24-19-33-28-11-7-5-9-26(24)28/h4-12,15,18-19,25,33H,13-14,16-17,20-21H2,1-3H3,(H,34,38). The SMILES string of the molecule is COc1ccc(CN(CCc2c[nH]c3ccccc23)C(=O)CN(C(=O)Nc2ccccc2C)C2CC2)cc1OC. The first-order valence-corrected chi connectivity index (χ1v) is 13.6. The van der Waals surface area contributed by atoms with Crippen LogP contribution in [0.4, 0.5) is 10.5 Å². The third-order valence-electron chi connectivity index (χ3n) is 7.44. The summed E-state index contributed by atoms with van der Waals surface area (Å²) >= 11 is 0. The molecule has 5 rings (SSSR count). The van der Waals surface area contributed by atoms with Crippen LogP contribution in [-0.2, 0) is 17.8 Å². The number of aromatic amines is 1. The Labute approximate surface area is 234 Å². The summed E-state index contributed by atoms with van der Waals surface area (Å²) in [7, 11) is 3.20. The van der Waals surface area contributed by atoms with Crippen LogP contribution in [-0.4, -0.2) is 60.1 Å². The molecule has 1 aromatic heterocycles. The average Bonchev–Trinajstić information content (AvgIpc) is 3.74. The fourth-order valence-corrected chi connectivity index (χ4v) is 4.98. The molecule has 208 valence electrons. The summed E-state index contributed by atoms with van der Waals surface area (Å²) in [5.41, 5.74) is 4.88. The van der Waals surface area contributed by atoms with Gasteiger partial charge in [-0.3, -0.25) is 4.79 Å². The number of fused-ring (bicyclic) bond motifs is 1. The second-order valence-corrected chi connectivity index (χ2v) is 10.2. The van der Waals surface area contributed by atoms with Gasteiger partial charge in [-0.1, -0.05) is 42.5 Å². The van der Waals surface area contributed by atoms with Crippen molar-refractivity contribution in [3.05, 3.63) is 89.6 Å². The molecule has 8 nitrogen and oxygen atoms in total. The van der Waals surface area contributed by atoms with E-state index in [4.69, 9.17) is 9.47 Å². The van der Waals surface area contributed by atoms with E-state index < -0.39 is 0 Å². The number of methoxy groups -OCH3 is 2. The van der Waals surface area contributed by atoms with Gasteiger partial charge in [-0.05, 0) is 67.1 Å². The zero-order chi connectivity index (χ0) is 28.1. The number of ether oxygens (including phenoxy) is 2. The molecule has 1 fully saturated rings. The molecule has 1 aliphatic rings. The van der Waals surface area contributed by atoms with Gasteiger partial charge < -0.3 is 29.6 Å². The number of nitrogens with one attached hydrogen (secondary N) is 2. The van der Waals surface area contributed by atoms with E-state index in [1.807, 2.05) is 78.7 Å². The highest BCUT2D eigenvalue weighted by atomic mass is 16.5. The Hall–Kier alpha value is -4.46. The highest BCUT2D eigenvalue weighted by Gasteiger charge is 2.35. The predicted molar refractivity (Wildman–Crippen MR) is 157 cm³/mol. The van der Waals surface area contributed by atoms with Crippen LogP contribution in [0, 0.1) is 6.92 Å². The number of carbonyl (C=O) groups excluding carboxylic acids is 2. The van der Waals surface area contributed by atoms with Crippen molar-refractivity contribution in [2.45, 2.75) is 38.8 Å². The van der Waals surface area contributed by atoms with Gasteiger partial charge in [-0.15, -0.1) is 0 Å². The van der Waals surface area contributed by atoms with Gasteiger partial charge in [0.05, 0.1) is 14.2 Å². The maximum atomic E-state index is 13.9. The van der Waals surface area contributed by atoms with Crippen LogP contribution in [0.25, 0.3) is 10.9 Å². The van der Waals surface area contributed by atoms with Gasteiger partial charge in [0, 0.05) is 41.9 Å². The normalized spacial score (nSPS) is 12.7. The lowest BCUT2D eigenvalue weighted by Gasteiger charge is -2.28. The summed E-state index contributed by atoms with van der Waals surface area (Å²) in [5.74, 6) is 1.15. The topological polar surface area (TPSA) is 86.9 Å². The summed E-state index contributed by atoms with van der Waals surface area (Å²) in [6.45, 7) is 2.87. The van der Waals surface area contributed by atoms with E-state index in [9.17, 15) is 9.59 Å². The Bertz CT molecular complexity index is 1490. The molecule has 3 amide bonds. The van der Waals surface area contributed by atoms with Gasteiger partial charge in [0.15, 0.2) is 11.5 Å². The maximum absolute atomic E-state index is 13.9. The molecule has 40 heavy (non-hydrogen) atoms. The number of para-hydroxylation sites is 2. The number of nitrogens with zero attached hydrogens (tertiary/aromatic N) is 2. The molecule has 0 unspecified atom stereocenters. The van der Waals surface area contributed by atoms with Crippen LogP contribution in [0.2, 0.25) is 0 Å². The van der Waals surface area contributed by atoms with Crippen LogP contribution in [0.5, 0.6) is 11.5 Å². The number of aryl methyl sites for hydroxylation is 1. The molecular weight excluding hydrogens is 504 g/mol. The Kier molecular flexibility index (Phi) is 8.24. The molecule has 0 atom stereocenters. The second kappa shape index (κ2) is 12.2. The molecule has 3 aromatic carbocycles. The van der Waals surface area contributed by atoms with Crippen LogP contribution in [0.1, 0.15) is 29.5 Å². The molecule has 2 N–H and O–H groups in total. The minimum atomic E-state index is -0.243. The first-order chi connectivity index (χ1) is 19.5. The van der Waals surface area contributed by atoms with E-state index in [1.54, 1.807) is 19.1 Å². The van der Waals surface area contributed by atoms with E-state index >= 15 is 0 Å². The highest BCUT2D eigenvalue weighted by Crippen LogP contribution is 2.30. The lowest BCUT2D eigenvalue weighted by atomic mass is 10.1. The second-order valence-electron chi connectivity index (χ2n) is 10.2. The van der Waals surface area contributed by atoms with E-state index in [0.29, 0.717) is 31.0 Å². The van der Waals surface area contributed by atoms with E-state index in [0.717, 1.165) is 46.1 Å². The summed E-state index contributed by atoms with van der Waals surface area (Å²) in [6.07, 6.45) is 4.50. The average molecular weight is 541 g/mol. The lowest BCUT2D eigenvalue weighted by molar-refractivity contribution is -0.132. The van der Waals surface area contributed by atoms with Gasteiger partial charge >= 0.3 is 6.03 Å². The number of carbonyl (C=O) groups is 2. The van der Waals surface area contributed by atoms with Gasteiger partial charge in [-0.25, -0.2) is 4.79 Å². The third kappa shape index (κ3) is 6.22. The van der Waals surface area contributed by atoms with Gasteiger partial charge in [0.1, 0.15) is 6.54 Å². The highest BCUT2D eigenvalue weighted by molar-refractivity contribution is 5.93. The number of anilines is 1. The van der Waals surface area contributed by atoms with E-state index in [2.05, 4.69) is 16.4 Å². The van der Waals surface area contributed by atoms with Crippen molar-refractivity contribution in [1.29, 1.82) is 0 Å². The zero-order valence-corrected chi connectivity index (χ0v) is 23.3. The molecule has 8 heteroatoms. The zero-order valence-electron chi connectivity index (χ0n) is 23.3. The number of rotatable bonds is 11. The number of urea groups is 1. The summed E-state index contributed by atoms with van der Waals surface area (Å²) in [4.78, 5) is 34.0. The number of aromatic nitrogens is 1. The summed E-state index contributed by atoms with van der Waals surface area (Å²) in [5, 5.41) is 4.16. The number of hydrogen-bond donors (Lipinski definition) is 2. The molecule has 1 saturated carbocycles. The van der Waals surface area contributed by atoms with Crippen molar-refractivity contribution in [1.82, 2.24) is 14.8 Å². The molecule has 0 saturated heterocycles. The molecule has 4 aromatic rings. The van der Waals surface area contributed by atoms with Gasteiger partial charge in [-0.2, -0.15) is 0 Å². The fourth-order valence-electron chi connectivity index (χ4n) is 4.98. The maximum Gasteiger partial charge on any atom is 0.322 e. The van der Waals surface area contributed by atoms with Crippen LogP contribution >= 0.6 is 0 Å². The largest absolute Gasteiger partial charge is 0.493 e. The van der Waals surface area contributed by atoms with Crippen molar-refractivity contribution in [2.75, 3.05) is 32.6 Å². The van der Waals surface area contributed by atoms with Gasteiger partial charge in [0.2, 0.25) is 5.91 Å². The Balaban J connectivity index is 1.35. The Morgan fingerprint density at radius 1 is 0.975 bits per heavy atom. The predicted octanol–water partition coefficient (Wildman–Crippen LogP) is 5.76. The summed E-state index contributed by atoms with van der Waals surface area (Å²) in [6, 6.07) is 21.3. The smallest absolute Gasteiger partial charge is 0.322 e. The first-order valence-electron chi connectivity index (χ1n) is 13.6. The molecule has 1 aliphatic carbocycles. The molecule has 0 radical (unpaired) electrons. The molecular formula is C32H36N4O4. The van der Waals surface area contributed by atoms with Crippen LogP contribution in [0.15, 0.2) is 72.9 Å². The monoisotopic (exact) mass is 540 g/mol. The van der Waals surface area contributed by atoms with Crippen molar-refractivity contribution in [2.24, 2.45) is 0 Å². The quantitative estimate of drug-likeness (QED) is 0.253. The van der Waals surface area contributed by atoms with E-state index in [-0.39, 0.29) is 24.5 Å². The van der Waals surface area contributed by atoms with Crippen molar-refractivity contribution in [3.63, 3.8) is 0 Å². The molecule has 1 heterocycles. The Morgan fingerprint density at radius 2 is 1.73 bits per heavy atom.